The molecule has 3 N–H and O–H groups in total. The first-order valence-corrected chi connectivity index (χ1v) is 12.0. The van der Waals surface area contributed by atoms with Crippen LogP contribution in [0, 0.1) is 12.3 Å². The van der Waals surface area contributed by atoms with Gasteiger partial charge in [-0.25, -0.2) is 9.78 Å². The molecular formula is C28H32N6O. The monoisotopic (exact) mass is 468 g/mol. The average molecular weight is 469 g/mol. The van der Waals surface area contributed by atoms with Crippen molar-refractivity contribution in [3.63, 3.8) is 0 Å². The van der Waals surface area contributed by atoms with Gasteiger partial charge in [0.05, 0.1) is 11.0 Å². The number of fused-ring (bicyclic) bond motifs is 1. The topological polar surface area (TPSA) is 87.6 Å². The summed E-state index contributed by atoms with van der Waals surface area (Å²) in [4.78, 5) is 17.0. The number of amides is 2. The molecule has 4 aromatic rings. The fourth-order valence-electron chi connectivity index (χ4n) is 3.91. The summed E-state index contributed by atoms with van der Waals surface area (Å²) in [6.45, 7) is 6.25. The Hall–Kier alpha value is -4.05. The van der Waals surface area contributed by atoms with Crippen LogP contribution in [0.25, 0.3) is 16.7 Å². The van der Waals surface area contributed by atoms with Gasteiger partial charge in [0.15, 0.2) is 5.82 Å². The molecule has 7 nitrogen and oxygen atoms in total. The van der Waals surface area contributed by atoms with E-state index in [1.54, 1.807) is 0 Å². The Morgan fingerprint density at radius 2 is 1.86 bits per heavy atom. The van der Waals surface area contributed by atoms with Gasteiger partial charge in [0.2, 0.25) is 0 Å². The lowest BCUT2D eigenvalue weighted by atomic mass is 9.92. The number of aromatic nitrogens is 4. The van der Waals surface area contributed by atoms with E-state index in [9.17, 15) is 4.79 Å². The maximum atomic E-state index is 12.4. The van der Waals surface area contributed by atoms with E-state index in [2.05, 4.69) is 70.7 Å². The summed E-state index contributed by atoms with van der Waals surface area (Å²) in [6.07, 6.45) is 12.4. The molecule has 0 aliphatic heterocycles. The molecule has 0 fully saturated rings. The van der Waals surface area contributed by atoms with Crippen molar-refractivity contribution in [1.29, 1.82) is 0 Å². The van der Waals surface area contributed by atoms with Gasteiger partial charge < -0.3 is 5.32 Å². The van der Waals surface area contributed by atoms with Gasteiger partial charge in [-0.05, 0) is 61.2 Å². The van der Waals surface area contributed by atoms with Crippen LogP contribution in [0.1, 0.15) is 57.7 Å². The minimum absolute atomic E-state index is 0.0688. The van der Waals surface area contributed by atoms with Crippen molar-refractivity contribution in [3.05, 3.63) is 66.1 Å². The number of aryl methyl sites for hydroxylation is 1. The maximum absolute atomic E-state index is 12.4. The number of anilines is 2. The molecule has 0 aliphatic carbocycles. The van der Waals surface area contributed by atoms with Crippen LogP contribution >= 0.6 is 0 Å². The highest BCUT2D eigenvalue weighted by molar-refractivity contribution is 5.99. The van der Waals surface area contributed by atoms with Crippen LogP contribution in [0.5, 0.6) is 0 Å². The molecule has 2 heterocycles. The fraction of sp³-hybridized carbons (Fsp3) is 0.321. The van der Waals surface area contributed by atoms with Gasteiger partial charge in [-0.15, -0.1) is 12.3 Å². The normalized spacial score (nSPS) is 11.4. The summed E-state index contributed by atoms with van der Waals surface area (Å²) in [5, 5.41) is 12.7. The van der Waals surface area contributed by atoms with Gasteiger partial charge in [-0.1, -0.05) is 33.3 Å². The van der Waals surface area contributed by atoms with E-state index in [1.165, 1.54) is 5.56 Å². The number of benzene rings is 2. The Labute approximate surface area is 206 Å². The summed E-state index contributed by atoms with van der Waals surface area (Å²) < 4.78 is 2.05. The molecule has 7 heteroatoms. The highest BCUT2D eigenvalue weighted by Gasteiger charge is 2.17. The van der Waals surface area contributed by atoms with Gasteiger partial charge in [-0.3, -0.25) is 15.0 Å². The van der Waals surface area contributed by atoms with E-state index in [0.717, 1.165) is 54.5 Å². The molecule has 2 aromatic carbocycles. The van der Waals surface area contributed by atoms with E-state index in [-0.39, 0.29) is 11.4 Å². The van der Waals surface area contributed by atoms with Crippen LogP contribution in [0.15, 0.2) is 54.9 Å². The number of rotatable bonds is 8. The first-order valence-electron chi connectivity index (χ1n) is 12.0. The van der Waals surface area contributed by atoms with E-state index in [1.807, 2.05) is 41.2 Å². The lowest BCUT2D eigenvalue weighted by Gasteiger charge is -2.14. The Morgan fingerprint density at radius 3 is 2.57 bits per heavy atom. The molecule has 2 aromatic heterocycles. The van der Waals surface area contributed by atoms with Gasteiger partial charge in [0.25, 0.3) is 0 Å². The number of hydrogen-bond donors (Lipinski definition) is 3. The van der Waals surface area contributed by atoms with Gasteiger partial charge in [0.1, 0.15) is 6.33 Å². The molecule has 35 heavy (non-hydrogen) atoms. The molecule has 2 amide bonds. The van der Waals surface area contributed by atoms with Gasteiger partial charge >= 0.3 is 6.03 Å². The predicted molar refractivity (Wildman–Crippen MR) is 142 cm³/mol. The zero-order valence-corrected chi connectivity index (χ0v) is 20.6. The number of urea groups is 1. The van der Waals surface area contributed by atoms with Crippen molar-refractivity contribution in [3.8, 4) is 18.0 Å². The van der Waals surface area contributed by atoms with E-state index >= 15 is 0 Å². The second kappa shape index (κ2) is 10.5. The third-order valence-corrected chi connectivity index (χ3v) is 5.93. The Balaban J connectivity index is 1.37. The average Bonchev–Trinajstić information content (AvgIpc) is 3.46. The molecule has 4 rings (SSSR count). The number of hydrogen-bond acceptors (Lipinski definition) is 3. The minimum Gasteiger partial charge on any atom is -0.308 e. The van der Waals surface area contributed by atoms with E-state index in [0.29, 0.717) is 11.5 Å². The molecule has 0 bridgehead atoms. The van der Waals surface area contributed by atoms with Crippen LogP contribution in [0.4, 0.5) is 16.3 Å². The molecule has 180 valence electrons. The number of nitrogens with one attached hydrogen (secondary N) is 3. The van der Waals surface area contributed by atoms with Crippen molar-refractivity contribution >= 4 is 28.6 Å². The number of H-pyrrole nitrogens is 1. The Bertz CT molecular complexity index is 1330. The predicted octanol–water partition coefficient (Wildman–Crippen LogP) is 6.43. The van der Waals surface area contributed by atoms with Crippen LogP contribution in [0.2, 0.25) is 0 Å². The maximum Gasteiger partial charge on any atom is 0.324 e. The largest absolute Gasteiger partial charge is 0.324 e. The number of imidazole rings is 1. The SMILES string of the molecule is C#CCCCCCc1ccc2c(c1)ncn2-c1ccc(NC(=O)Nc2cc(C(C)(C)C)[nH]n2)cc1. The number of unbranched alkanes of at least 4 members (excludes halogenated alkanes) is 3. The summed E-state index contributed by atoms with van der Waals surface area (Å²) in [7, 11) is 0. The zero-order valence-electron chi connectivity index (χ0n) is 20.6. The van der Waals surface area contributed by atoms with Gasteiger partial charge in [0, 0.05) is 35.0 Å². The van der Waals surface area contributed by atoms with Crippen LogP contribution in [0.3, 0.4) is 0 Å². The lowest BCUT2D eigenvalue weighted by Crippen LogP contribution is -2.19. The van der Waals surface area contributed by atoms with Crippen molar-refractivity contribution in [2.75, 3.05) is 10.6 Å². The molecule has 0 saturated carbocycles. The first-order chi connectivity index (χ1) is 16.8. The zero-order chi connectivity index (χ0) is 24.8. The smallest absolute Gasteiger partial charge is 0.308 e. The molecule has 0 spiro atoms. The third kappa shape index (κ3) is 6.10. The molecule has 0 atom stereocenters. The van der Waals surface area contributed by atoms with Crippen molar-refractivity contribution < 1.29 is 4.79 Å². The lowest BCUT2D eigenvalue weighted by molar-refractivity contribution is 0.262. The van der Waals surface area contributed by atoms with Crippen LogP contribution in [-0.2, 0) is 11.8 Å². The van der Waals surface area contributed by atoms with Gasteiger partial charge in [-0.2, -0.15) is 5.10 Å². The Morgan fingerprint density at radius 1 is 1.06 bits per heavy atom. The van der Waals surface area contributed by atoms with Crippen LogP contribution in [-0.4, -0.2) is 25.8 Å². The molecule has 0 radical (unpaired) electrons. The minimum atomic E-state index is -0.343. The summed E-state index contributed by atoms with van der Waals surface area (Å²) in [5.74, 6) is 3.18. The standard InChI is InChI=1S/C28H32N6O/c1-5-6-7-8-9-10-20-11-16-24-23(17-20)29-19-34(24)22-14-12-21(13-15-22)30-27(35)31-26-18-25(32-33-26)28(2,3)4/h1,11-19H,6-10H2,2-4H3,(H3,30,31,32,33,35). The highest BCUT2D eigenvalue weighted by atomic mass is 16.2. The van der Waals surface area contributed by atoms with Crippen LogP contribution < -0.4 is 10.6 Å². The first kappa shape index (κ1) is 24.1. The highest BCUT2D eigenvalue weighted by Crippen LogP contribution is 2.23. The number of nitrogens with zero attached hydrogens (tertiary/aromatic N) is 3. The summed E-state index contributed by atoms with van der Waals surface area (Å²) in [6, 6.07) is 15.6. The number of aromatic amines is 1. The van der Waals surface area contributed by atoms with Crippen molar-refractivity contribution in [2.45, 2.75) is 58.3 Å². The quantitative estimate of drug-likeness (QED) is 0.206. The Kier molecular flexibility index (Phi) is 7.21. The second-order valence-corrected chi connectivity index (χ2v) is 9.75. The van der Waals surface area contributed by atoms with Crippen molar-refractivity contribution in [1.82, 2.24) is 19.7 Å². The summed E-state index contributed by atoms with van der Waals surface area (Å²) >= 11 is 0. The molecule has 0 unspecified atom stereocenters. The number of terminal acetylenes is 1. The fourth-order valence-corrected chi connectivity index (χ4v) is 3.91. The van der Waals surface area contributed by atoms with Crippen molar-refractivity contribution in [2.24, 2.45) is 0 Å². The number of carbonyl (C=O) groups excluding carboxylic acids is 1. The molecule has 0 aliphatic rings. The molecule has 0 saturated heterocycles. The summed E-state index contributed by atoms with van der Waals surface area (Å²) in [5.41, 5.74) is 5.86. The third-order valence-electron chi connectivity index (χ3n) is 5.93. The van der Waals surface area contributed by atoms with E-state index in [4.69, 9.17) is 6.42 Å². The van der Waals surface area contributed by atoms with E-state index < -0.39 is 0 Å². The number of carbonyl (C=O) groups is 1. The second-order valence-electron chi connectivity index (χ2n) is 9.75. The molecular weight excluding hydrogens is 436 g/mol.